The number of carbonyl (C=O) groups excluding carboxylic acids is 1. The summed E-state index contributed by atoms with van der Waals surface area (Å²) in [6.45, 7) is 4.27. The maximum atomic E-state index is 12.7. The maximum Gasteiger partial charge on any atom is 0.225 e. The molecule has 0 aromatic carbocycles. The second-order valence-electron chi connectivity index (χ2n) is 7.38. The molecule has 2 aromatic heterocycles. The van der Waals surface area contributed by atoms with E-state index in [-0.39, 0.29) is 11.8 Å². The Morgan fingerprint density at radius 2 is 1.89 bits per heavy atom. The Morgan fingerprint density at radius 1 is 1.18 bits per heavy atom. The van der Waals surface area contributed by atoms with Gasteiger partial charge in [0, 0.05) is 50.7 Å². The van der Waals surface area contributed by atoms with E-state index < -0.39 is 0 Å². The van der Waals surface area contributed by atoms with Gasteiger partial charge in [0.2, 0.25) is 11.9 Å². The smallest absolute Gasteiger partial charge is 0.225 e. The number of hydrogen-bond acceptors (Lipinski definition) is 7. The molecule has 2 saturated heterocycles. The van der Waals surface area contributed by atoms with Crippen LogP contribution in [0.15, 0.2) is 35.2 Å². The number of rotatable bonds is 5. The molecule has 2 aliphatic rings. The quantitative estimate of drug-likeness (QED) is 0.763. The predicted octanol–water partition coefficient (Wildman–Crippen LogP) is 2.50. The number of piperidine rings is 1. The lowest BCUT2D eigenvalue weighted by Crippen LogP contribution is -2.41. The van der Waals surface area contributed by atoms with E-state index in [1.54, 1.807) is 11.2 Å². The first kappa shape index (κ1) is 19.1. The van der Waals surface area contributed by atoms with Gasteiger partial charge in [-0.15, -0.1) is 0 Å². The molecule has 0 unspecified atom stereocenters. The molecule has 0 radical (unpaired) electrons. The summed E-state index contributed by atoms with van der Waals surface area (Å²) in [6, 6.07) is 3.75. The lowest BCUT2D eigenvalue weighted by Gasteiger charge is -2.34. The SMILES string of the molecule is CN(Cc1ccco1)C(=O)C1CCN(c2cnc(N3CCSCC3)nc2)CC1. The monoisotopic (exact) mass is 401 g/mol. The van der Waals surface area contributed by atoms with E-state index in [1.165, 1.54) is 0 Å². The van der Waals surface area contributed by atoms with Gasteiger partial charge in [-0.05, 0) is 25.0 Å². The summed E-state index contributed by atoms with van der Waals surface area (Å²) >= 11 is 1.98. The normalized spacial score (nSPS) is 18.3. The summed E-state index contributed by atoms with van der Waals surface area (Å²) in [5.74, 6) is 4.20. The second-order valence-corrected chi connectivity index (χ2v) is 8.60. The van der Waals surface area contributed by atoms with Crippen molar-refractivity contribution in [3.63, 3.8) is 0 Å². The van der Waals surface area contributed by atoms with Gasteiger partial charge in [-0.25, -0.2) is 9.97 Å². The number of amides is 1. The molecular weight excluding hydrogens is 374 g/mol. The Bertz CT molecular complexity index is 753. The molecular formula is C20H27N5O2S. The standard InChI is InChI=1S/C20H27N5O2S/c1-23(15-18-3-2-10-27-18)19(26)16-4-6-24(7-5-16)17-13-21-20(22-14-17)25-8-11-28-12-9-25/h2-3,10,13-14,16H,4-9,11-12,15H2,1H3. The Labute approximate surface area is 170 Å². The van der Waals surface area contributed by atoms with Gasteiger partial charge < -0.3 is 19.1 Å². The van der Waals surface area contributed by atoms with Gasteiger partial charge in [0.1, 0.15) is 5.76 Å². The third-order valence-corrected chi connectivity index (χ3v) is 6.42. The fourth-order valence-electron chi connectivity index (χ4n) is 3.81. The Morgan fingerprint density at radius 3 is 2.54 bits per heavy atom. The zero-order valence-corrected chi connectivity index (χ0v) is 17.1. The largest absolute Gasteiger partial charge is 0.467 e. The third kappa shape index (κ3) is 4.43. The van der Waals surface area contributed by atoms with Crippen molar-refractivity contribution >= 4 is 29.3 Å². The van der Waals surface area contributed by atoms with Gasteiger partial charge in [0.25, 0.3) is 0 Å². The summed E-state index contributed by atoms with van der Waals surface area (Å²) < 4.78 is 5.35. The van der Waals surface area contributed by atoms with Crippen molar-refractivity contribution in [1.82, 2.24) is 14.9 Å². The van der Waals surface area contributed by atoms with Crippen molar-refractivity contribution in [1.29, 1.82) is 0 Å². The third-order valence-electron chi connectivity index (χ3n) is 5.48. The summed E-state index contributed by atoms with van der Waals surface area (Å²) in [4.78, 5) is 28.2. The molecule has 8 heteroatoms. The molecule has 7 nitrogen and oxygen atoms in total. The average Bonchev–Trinajstić information content (AvgIpc) is 3.27. The molecule has 0 N–H and O–H groups in total. The van der Waals surface area contributed by atoms with Crippen LogP contribution in [-0.2, 0) is 11.3 Å². The highest BCUT2D eigenvalue weighted by atomic mass is 32.2. The van der Waals surface area contributed by atoms with E-state index in [2.05, 4.69) is 19.8 Å². The van der Waals surface area contributed by atoms with Crippen molar-refractivity contribution in [3.8, 4) is 0 Å². The lowest BCUT2D eigenvalue weighted by atomic mass is 9.95. The molecule has 150 valence electrons. The first-order valence-electron chi connectivity index (χ1n) is 9.88. The summed E-state index contributed by atoms with van der Waals surface area (Å²) in [7, 11) is 1.85. The number of anilines is 2. The van der Waals surface area contributed by atoms with Crippen molar-refractivity contribution in [2.45, 2.75) is 19.4 Å². The van der Waals surface area contributed by atoms with Crippen LogP contribution in [0.2, 0.25) is 0 Å². The highest BCUT2D eigenvalue weighted by Crippen LogP contribution is 2.25. The fourth-order valence-corrected chi connectivity index (χ4v) is 4.72. The van der Waals surface area contributed by atoms with Gasteiger partial charge in [0.05, 0.1) is 30.9 Å². The van der Waals surface area contributed by atoms with Gasteiger partial charge in [-0.1, -0.05) is 0 Å². The minimum Gasteiger partial charge on any atom is -0.467 e. The first-order chi connectivity index (χ1) is 13.7. The van der Waals surface area contributed by atoms with Crippen LogP contribution in [0.5, 0.6) is 0 Å². The fraction of sp³-hybridized carbons (Fsp3) is 0.550. The van der Waals surface area contributed by atoms with Gasteiger partial charge >= 0.3 is 0 Å². The molecule has 0 atom stereocenters. The molecule has 2 aliphatic heterocycles. The molecule has 4 rings (SSSR count). The number of nitrogens with zero attached hydrogens (tertiary/aromatic N) is 5. The van der Waals surface area contributed by atoms with Crippen LogP contribution in [0.1, 0.15) is 18.6 Å². The Kier molecular flexibility index (Phi) is 6.04. The molecule has 2 aromatic rings. The molecule has 0 bridgehead atoms. The molecule has 4 heterocycles. The van der Waals surface area contributed by atoms with Crippen molar-refractivity contribution in [3.05, 3.63) is 36.5 Å². The average molecular weight is 402 g/mol. The van der Waals surface area contributed by atoms with Crippen LogP contribution in [0, 0.1) is 5.92 Å². The summed E-state index contributed by atoms with van der Waals surface area (Å²) in [6.07, 6.45) is 7.20. The number of carbonyl (C=O) groups is 1. The Hall–Kier alpha value is -2.22. The van der Waals surface area contributed by atoms with E-state index >= 15 is 0 Å². The first-order valence-corrected chi connectivity index (χ1v) is 11.0. The van der Waals surface area contributed by atoms with Gasteiger partial charge in [-0.3, -0.25) is 4.79 Å². The van der Waals surface area contributed by atoms with Crippen LogP contribution in [0.3, 0.4) is 0 Å². The topological polar surface area (TPSA) is 65.7 Å². The van der Waals surface area contributed by atoms with E-state index in [0.717, 1.165) is 67.9 Å². The zero-order chi connectivity index (χ0) is 19.3. The highest BCUT2D eigenvalue weighted by molar-refractivity contribution is 7.99. The van der Waals surface area contributed by atoms with E-state index in [1.807, 2.05) is 43.3 Å². The predicted molar refractivity (Wildman–Crippen MR) is 112 cm³/mol. The molecule has 0 spiro atoms. The Balaban J connectivity index is 1.29. The summed E-state index contributed by atoms with van der Waals surface area (Å²) in [5, 5.41) is 0. The number of thioether (sulfide) groups is 1. The minimum atomic E-state index is 0.0715. The van der Waals surface area contributed by atoms with Crippen LogP contribution >= 0.6 is 11.8 Å². The summed E-state index contributed by atoms with van der Waals surface area (Å²) in [5.41, 5.74) is 1.05. The maximum absolute atomic E-state index is 12.7. The highest BCUT2D eigenvalue weighted by Gasteiger charge is 2.28. The van der Waals surface area contributed by atoms with E-state index in [0.29, 0.717) is 6.54 Å². The molecule has 0 saturated carbocycles. The molecule has 1 amide bonds. The van der Waals surface area contributed by atoms with Crippen LogP contribution in [-0.4, -0.2) is 65.5 Å². The zero-order valence-electron chi connectivity index (χ0n) is 16.3. The number of hydrogen-bond donors (Lipinski definition) is 0. The van der Waals surface area contributed by atoms with Gasteiger partial charge in [0.15, 0.2) is 0 Å². The van der Waals surface area contributed by atoms with Crippen molar-refractivity contribution in [2.75, 3.05) is 54.5 Å². The van der Waals surface area contributed by atoms with Gasteiger partial charge in [-0.2, -0.15) is 11.8 Å². The molecule has 2 fully saturated rings. The van der Waals surface area contributed by atoms with Crippen molar-refractivity contribution < 1.29 is 9.21 Å². The minimum absolute atomic E-state index is 0.0715. The number of aromatic nitrogens is 2. The second kappa shape index (κ2) is 8.86. The van der Waals surface area contributed by atoms with E-state index in [4.69, 9.17) is 4.42 Å². The number of furan rings is 1. The van der Waals surface area contributed by atoms with Crippen LogP contribution in [0.25, 0.3) is 0 Å². The van der Waals surface area contributed by atoms with Crippen LogP contribution < -0.4 is 9.80 Å². The van der Waals surface area contributed by atoms with E-state index in [9.17, 15) is 4.79 Å². The molecule has 0 aliphatic carbocycles. The molecule has 28 heavy (non-hydrogen) atoms. The van der Waals surface area contributed by atoms with Crippen LogP contribution in [0.4, 0.5) is 11.6 Å². The lowest BCUT2D eigenvalue weighted by molar-refractivity contribution is -0.135. The van der Waals surface area contributed by atoms with Crippen molar-refractivity contribution in [2.24, 2.45) is 5.92 Å².